The van der Waals surface area contributed by atoms with Gasteiger partial charge < -0.3 is 16.2 Å². The first-order chi connectivity index (χ1) is 14.6. The van der Waals surface area contributed by atoms with Gasteiger partial charge in [-0.05, 0) is 29.7 Å². The van der Waals surface area contributed by atoms with Crippen LogP contribution in [0.4, 0.5) is 11.4 Å². The minimum absolute atomic E-state index is 0.0359. The number of aliphatic hydroxyl groups is 1. The van der Waals surface area contributed by atoms with Gasteiger partial charge in [0.05, 0.1) is 16.3 Å². The Labute approximate surface area is 179 Å². The van der Waals surface area contributed by atoms with Crippen LogP contribution in [-0.2, 0) is 14.8 Å². The summed E-state index contributed by atoms with van der Waals surface area (Å²) in [5.74, 6) is -2.44. The number of carbonyl (C=O) groups is 2. The van der Waals surface area contributed by atoms with E-state index in [0.29, 0.717) is 10.8 Å². The lowest BCUT2D eigenvalue weighted by molar-refractivity contribution is -0.137. The Morgan fingerprint density at radius 1 is 1.10 bits per heavy atom. The Bertz CT molecular complexity index is 1330. The highest BCUT2D eigenvalue weighted by Gasteiger charge is 2.54. The zero-order valence-corrected chi connectivity index (χ0v) is 17.7. The Hall–Kier alpha value is -3.43. The number of nitrogens with two attached hydrogens (primary N) is 1. The summed E-state index contributed by atoms with van der Waals surface area (Å²) >= 11 is 0. The molecule has 0 radical (unpaired) electrons. The van der Waals surface area contributed by atoms with Gasteiger partial charge in [-0.1, -0.05) is 50.2 Å². The maximum Gasteiger partial charge on any atom is 0.279 e. The number of carbonyl (C=O) groups excluding carboxylic acids is 2. The first-order valence-corrected chi connectivity index (χ1v) is 11.0. The van der Waals surface area contributed by atoms with Crippen molar-refractivity contribution in [3.8, 4) is 0 Å². The molecule has 1 unspecified atom stereocenters. The lowest BCUT2D eigenvalue weighted by atomic mass is 9.95. The zero-order chi connectivity index (χ0) is 22.6. The summed E-state index contributed by atoms with van der Waals surface area (Å²) in [5, 5.41) is 15.1. The molecule has 3 aromatic rings. The number of benzene rings is 3. The van der Waals surface area contributed by atoms with Crippen LogP contribution in [0.2, 0.25) is 0 Å². The molecule has 0 saturated heterocycles. The van der Waals surface area contributed by atoms with E-state index in [1.54, 1.807) is 50.2 Å². The van der Waals surface area contributed by atoms with Crippen molar-refractivity contribution in [2.45, 2.75) is 24.5 Å². The molecule has 1 aliphatic rings. The van der Waals surface area contributed by atoms with Gasteiger partial charge in [0, 0.05) is 16.9 Å². The summed E-state index contributed by atoms with van der Waals surface area (Å²) in [7, 11) is -4.41. The molecule has 0 aliphatic carbocycles. The second-order valence-corrected chi connectivity index (χ2v) is 9.43. The fraction of sp³-hybridized carbons (Fsp3) is 0.182. The summed E-state index contributed by atoms with van der Waals surface area (Å²) in [6, 6.07) is 15.8. The summed E-state index contributed by atoms with van der Waals surface area (Å²) in [5.41, 5.74) is 3.13. The van der Waals surface area contributed by atoms with Crippen LogP contribution in [0.25, 0.3) is 10.8 Å². The largest absolute Gasteiger partial charge is 0.366 e. The number of rotatable bonds is 4. The van der Waals surface area contributed by atoms with Crippen molar-refractivity contribution in [2.75, 3.05) is 9.62 Å². The molecule has 160 valence electrons. The molecule has 9 heteroatoms. The molecule has 8 nitrogen and oxygen atoms in total. The number of anilines is 2. The maximum absolute atomic E-state index is 13.9. The average Bonchev–Trinajstić information content (AvgIpc) is 2.73. The van der Waals surface area contributed by atoms with Crippen molar-refractivity contribution < 1.29 is 23.1 Å². The van der Waals surface area contributed by atoms with Gasteiger partial charge in [0.25, 0.3) is 15.9 Å². The van der Waals surface area contributed by atoms with Crippen LogP contribution in [0, 0.1) is 5.92 Å². The number of sulfonamides is 1. The van der Waals surface area contributed by atoms with Crippen LogP contribution in [-0.4, -0.2) is 31.1 Å². The van der Waals surface area contributed by atoms with Gasteiger partial charge in [0.1, 0.15) is 0 Å². The fourth-order valence-corrected chi connectivity index (χ4v) is 5.77. The Kier molecular flexibility index (Phi) is 4.75. The monoisotopic (exact) mass is 439 g/mol. The topological polar surface area (TPSA) is 130 Å². The van der Waals surface area contributed by atoms with Gasteiger partial charge in [-0.25, -0.2) is 12.7 Å². The smallest absolute Gasteiger partial charge is 0.279 e. The van der Waals surface area contributed by atoms with E-state index in [9.17, 15) is 23.1 Å². The van der Waals surface area contributed by atoms with Crippen molar-refractivity contribution in [1.82, 2.24) is 0 Å². The average molecular weight is 439 g/mol. The van der Waals surface area contributed by atoms with E-state index in [2.05, 4.69) is 5.32 Å². The van der Waals surface area contributed by atoms with Crippen LogP contribution in [0.5, 0.6) is 0 Å². The van der Waals surface area contributed by atoms with Crippen molar-refractivity contribution in [1.29, 1.82) is 0 Å². The molecule has 0 aromatic heterocycles. The number of nitrogens with one attached hydrogen (secondary N) is 1. The molecule has 1 atom stereocenters. The maximum atomic E-state index is 13.9. The van der Waals surface area contributed by atoms with Crippen LogP contribution in [0.3, 0.4) is 0 Å². The normalized spacial score (nSPS) is 18.7. The van der Waals surface area contributed by atoms with Crippen molar-refractivity contribution in [3.05, 3.63) is 66.2 Å². The zero-order valence-electron chi connectivity index (χ0n) is 16.9. The van der Waals surface area contributed by atoms with Gasteiger partial charge in [0.2, 0.25) is 11.6 Å². The molecule has 31 heavy (non-hydrogen) atoms. The Morgan fingerprint density at radius 2 is 1.77 bits per heavy atom. The third-order valence-corrected chi connectivity index (χ3v) is 7.33. The summed E-state index contributed by atoms with van der Waals surface area (Å²) in [4.78, 5) is 24.5. The second-order valence-electron chi connectivity index (χ2n) is 7.68. The molecule has 0 bridgehead atoms. The lowest BCUT2D eigenvalue weighted by Gasteiger charge is -2.45. The van der Waals surface area contributed by atoms with Crippen LogP contribution in [0.15, 0.2) is 65.6 Å². The third kappa shape index (κ3) is 3.05. The number of fused-ring (bicyclic) bond motifs is 2. The molecule has 3 aromatic carbocycles. The van der Waals surface area contributed by atoms with Crippen LogP contribution < -0.4 is 15.4 Å². The molecule has 0 fully saturated rings. The van der Waals surface area contributed by atoms with Crippen LogP contribution in [0.1, 0.15) is 24.2 Å². The highest BCUT2D eigenvalue weighted by Crippen LogP contribution is 2.44. The molecule has 4 N–H and O–H groups in total. The standard InChI is InChI=1S/C22H21N3O5S/c1-13(2)22(28)21(27)24-17-12-15(20(23)26)10-11-18(17)25(22)31(29,30)19-9-5-7-14-6-3-4-8-16(14)19/h3-13,28H,1-2H3,(H2,23,26)(H,24,27). The molecule has 4 rings (SSSR count). The fourth-order valence-electron chi connectivity index (χ4n) is 3.79. The molecular weight excluding hydrogens is 418 g/mol. The van der Waals surface area contributed by atoms with E-state index in [1.165, 1.54) is 24.3 Å². The first kappa shape index (κ1) is 20.8. The predicted molar refractivity (Wildman–Crippen MR) is 117 cm³/mol. The molecule has 1 heterocycles. The summed E-state index contributed by atoms with van der Waals surface area (Å²) in [6.45, 7) is 3.10. The van der Waals surface area contributed by atoms with E-state index in [1.807, 2.05) is 0 Å². The molecule has 0 saturated carbocycles. The van der Waals surface area contributed by atoms with Crippen molar-refractivity contribution >= 4 is 44.0 Å². The van der Waals surface area contributed by atoms with Gasteiger partial charge in [-0.15, -0.1) is 0 Å². The van der Waals surface area contributed by atoms with Crippen molar-refractivity contribution in [3.63, 3.8) is 0 Å². The number of nitrogens with zero attached hydrogens (tertiary/aromatic N) is 1. The van der Waals surface area contributed by atoms with Gasteiger partial charge in [-0.3, -0.25) is 9.59 Å². The number of amides is 2. The summed E-state index contributed by atoms with van der Waals surface area (Å²) < 4.78 is 28.6. The van der Waals surface area contributed by atoms with Gasteiger partial charge in [0.15, 0.2) is 0 Å². The second kappa shape index (κ2) is 7.07. The molecule has 1 aliphatic heterocycles. The van der Waals surface area contributed by atoms with Crippen molar-refractivity contribution in [2.24, 2.45) is 11.7 Å². The van der Waals surface area contributed by atoms with E-state index < -0.39 is 33.5 Å². The van der Waals surface area contributed by atoms with Crippen LogP contribution >= 0.6 is 0 Å². The summed E-state index contributed by atoms with van der Waals surface area (Å²) in [6.07, 6.45) is 0. The molecular formula is C22H21N3O5S. The number of hydrogen-bond acceptors (Lipinski definition) is 5. The molecule has 0 spiro atoms. The minimum Gasteiger partial charge on any atom is -0.366 e. The van der Waals surface area contributed by atoms with Gasteiger partial charge in [-0.2, -0.15) is 0 Å². The van der Waals surface area contributed by atoms with E-state index in [-0.39, 0.29) is 21.8 Å². The van der Waals surface area contributed by atoms with Gasteiger partial charge >= 0.3 is 0 Å². The Balaban J connectivity index is 2.04. The highest BCUT2D eigenvalue weighted by molar-refractivity contribution is 7.93. The minimum atomic E-state index is -4.41. The lowest BCUT2D eigenvalue weighted by Crippen LogP contribution is -2.64. The predicted octanol–water partition coefficient (Wildman–Crippen LogP) is 2.43. The Morgan fingerprint density at radius 3 is 2.45 bits per heavy atom. The van der Waals surface area contributed by atoms with E-state index >= 15 is 0 Å². The number of hydrogen-bond donors (Lipinski definition) is 3. The van der Waals surface area contributed by atoms with E-state index in [0.717, 1.165) is 4.31 Å². The third-order valence-electron chi connectivity index (χ3n) is 5.46. The number of primary amides is 1. The van der Waals surface area contributed by atoms with E-state index in [4.69, 9.17) is 5.73 Å². The SMILES string of the molecule is CC(C)C1(O)C(=O)Nc2cc(C(N)=O)ccc2N1S(=O)(=O)c1cccc2ccccc12. The quantitative estimate of drug-likeness (QED) is 0.575. The first-order valence-electron chi connectivity index (χ1n) is 9.59. The molecule has 2 amide bonds. The highest BCUT2D eigenvalue weighted by atomic mass is 32.2.